The fourth-order valence-corrected chi connectivity index (χ4v) is 2.13. The van der Waals surface area contributed by atoms with Gasteiger partial charge in [0.2, 0.25) is 0 Å². The van der Waals surface area contributed by atoms with Gasteiger partial charge in [-0.05, 0) is 12.1 Å². The molecule has 0 fully saturated rings. The van der Waals surface area contributed by atoms with Crippen LogP contribution in [0.1, 0.15) is 0 Å². The number of H-pyrrole nitrogens is 1. The molecular formula is C14H13N3. The van der Waals surface area contributed by atoms with Crippen LogP contribution in [0.25, 0.3) is 22.2 Å². The van der Waals surface area contributed by atoms with E-state index in [0.717, 1.165) is 22.2 Å². The zero-order valence-corrected chi connectivity index (χ0v) is 9.27. The number of hydrogen-bond acceptors (Lipinski definition) is 2. The average Bonchev–Trinajstić information content (AvgIpc) is 2.69. The fourth-order valence-electron chi connectivity index (χ4n) is 2.13. The highest BCUT2D eigenvalue weighted by molar-refractivity contribution is 6.06. The van der Waals surface area contributed by atoms with Crippen LogP contribution in [-0.4, -0.2) is 4.98 Å². The van der Waals surface area contributed by atoms with Gasteiger partial charge in [-0.2, -0.15) is 0 Å². The molecule has 5 N–H and O–H groups in total. The van der Waals surface area contributed by atoms with Crippen molar-refractivity contribution >= 4 is 22.3 Å². The van der Waals surface area contributed by atoms with Crippen LogP contribution in [0.2, 0.25) is 0 Å². The Hall–Kier alpha value is -2.42. The number of nitrogens with two attached hydrogens (primary N) is 2. The van der Waals surface area contributed by atoms with Crippen molar-refractivity contribution < 1.29 is 0 Å². The number of fused-ring (bicyclic) bond motifs is 1. The molecule has 0 saturated carbocycles. The summed E-state index contributed by atoms with van der Waals surface area (Å²) in [4.78, 5) is 3.32. The quantitative estimate of drug-likeness (QED) is 0.555. The second-order valence-electron chi connectivity index (χ2n) is 4.05. The molecular weight excluding hydrogens is 210 g/mol. The summed E-state index contributed by atoms with van der Waals surface area (Å²) >= 11 is 0. The number of nitrogen functional groups attached to an aromatic ring is 2. The third-order valence-electron chi connectivity index (χ3n) is 2.96. The summed E-state index contributed by atoms with van der Waals surface area (Å²) in [6, 6.07) is 15.8. The molecule has 0 saturated heterocycles. The molecule has 84 valence electrons. The van der Waals surface area contributed by atoms with Gasteiger partial charge in [-0.25, -0.2) is 0 Å². The molecule has 0 aliphatic carbocycles. The van der Waals surface area contributed by atoms with E-state index < -0.39 is 0 Å². The molecule has 0 amide bonds. The molecule has 1 heterocycles. The van der Waals surface area contributed by atoms with E-state index in [1.165, 1.54) is 0 Å². The second-order valence-corrected chi connectivity index (χ2v) is 4.05. The Morgan fingerprint density at radius 2 is 1.59 bits per heavy atom. The van der Waals surface area contributed by atoms with Crippen molar-refractivity contribution in [3.63, 3.8) is 0 Å². The van der Waals surface area contributed by atoms with E-state index in [-0.39, 0.29) is 0 Å². The molecule has 0 radical (unpaired) electrons. The highest BCUT2D eigenvalue weighted by Gasteiger charge is 2.11. The van der Waals surface area contributed by atoms with Crippen LogP contribution in [0, 0.1) is 0 Å². The molecule has 0 bridgehead atoms. The van der Waals surface area contributed by atoms with Crippen LogP contribution in [0.4, 0.5) is 11.4 Å². The summed E-state index contributed by atoms with van der Waals surface area (Å²) < 4.78 is 0. The van der Waals surface area contributed by atoms with E-state index in [1.54, 1.807) is 0 Å². The van der Waals surface area contributed by atoms with E-state index in [1.807, 2.05) is 48.5 Å². The molecule has 3 heteroatoms. The molecule has 1 aromatic heterocycles. The van der Waals surface area contributed by atoms with Crippen LogP contribution in [0.5, 0.6) is 0 Å². The molecule has 17 heavy (non-hydrogen) atoms. The molecule has 3 nitrogen and oxygen atoms in total. The highest BCUT2D eigenvalue weighted by Crippen LogP contribution is 2.35. The van der Waals surface area contributed by atoms with Gasteiger partial charge in [-0.3, -0.25) is 0 Å². The number of hydrogen-bond donors (Lipinski definition) is 3. The lowest BCUT2D eigenvalue weighted by molar-refractivity contribution is 1.45. The number of anilines is 2. The van der Waals surface area contributed by atoms with Crippen molar-refractivity contribution in [3.8, 4) is 11.3 Å². The standard InChI is InChI=1S/C14H13N3/c15-10-7-4-8-11-12(10)13(16)14(17-11)9-5-2-1-3-6-9/h1-8,17H,15-16H2. The summed E-state index contributed by atoms with van der Waals surface area (Å²) in [5.41, 5.74) is 16.5. The first-order chi connectivity index (χ1) is 8.27. The van der Waals surface area contributed by atoms with Gasteiger partial charge in [-0.1, -0.05) is 36.4 Å². The minimum Gasteiger partial charge on any atom is -0.398 e. The number of nitrogens with one attached hydrogen (secondary N) is 1. The average molecular weight is 223 g/mol. The van der Waals surface area contributed by atoms with Gasteiger partial charge in [0.25, 0.3) is 0 Å². The number of rotatable bonds is 1. The lowest BCUT2D eigenvalue weighted by Gasteiger charge is -2.00. The lowest BCUT2D eigenvalue weighted by Crippen LogP contribution is -1.90. The molecule has 0 aliphatic rings. The van der Waals surface area contributed by atoms with E-state index in [2.05, 4.69) is 4.98 Å². The van der Waals surface area contributed by atoms with E-state index in [4.69, 9.17) is 11.5 Å². The molecule has 0 atom stereocenters. The van der Waals surface area contributed by atoms with Crippen molar-refractivity contribution in [2.75, 3.05) is 11.5 Å². The van der Waals surface area contributed by atoms with Gasteiger partial charge in [-0.15, -0.1) is 0 Å². The Balaban J connectivity index is 2.33. The molecule has 0 spiro atoms. The monoisotopic (exact) mass is 223 g/mol. The highest BCUT2D eigenvalue weighted by atomic mass is 14.8. The Morgan fingerprint density at radius 3 is 2.29 bits per heavy atom. The summed E-state index contributed by atoms with van der Waals surface area (Å²) in [5.74, 6) is 0. The summed E-state index contributed by atoms with van der Waals surface area (Å²) in [6.45, 7) is 0. The maximum Gasteiger partial charge on any atom is 0.0699 e. The van der Waals surface area contributed by atoms with Crippen molar-refractivity contribution in [2.45, 2.75) is 0 Å². The SMILES string of the molecule is Nc1cccc2[nH]c(-c3ccccc3)c(N)c12. The van der Waals surface area contributed by atoms with Crippen LogP contribution in [0.15, 0.2) is 48.5 Å². The molecule has 3 rings (SSSR count). The topological polar surface area (TPSA) is 67.8 Å². The Labute approximate surface area is 99.1 Å². The van der Waals surface area contributed by atoms with Gasteiger partial charge in [0.1, 0.15) is 0 Å². The second kappa shape index (κ2) is 3.56. The van der Waals surface area contributed by atoms with Gasteiger partial charge < -0.3 is 16.5 Å². The molecule has 2 aromatic carbocycles. The zero-order valence-electron chi connectivity index (χ0n) is 9.27. The van der Waals surface area contributed by atoms with Gasteiger partial charge >= 0.3 is 0 Å². The van der Waals surface area contributed by atoms with Crippen LogP contribution in [-0.2, 0) is 0 Å². The Morgan fingerprint density at radius 1 is 0.824 bits per heavy atom. The molecule has 0 aliphatic heterocycles. The number of aromatic amines is 1. The predicted molar refractivity (Wildman–Crippen MR) is 72.6 cm³/mol. The van der Waals surface area contributed by atoms with Crippen molar-refractivity contribution in [1.29, 1.82) is 0 Å². The van der Waals surface area contributed by atoms with Crippen LogP contribution < -0.4 is 11.5 Å². The smallest absolute Gasteiger partial charge is 0.0699 e. The molecule has 3 aromatic rings. The van der Waals surface area contributed by atoms with Crippen LogP contribution >= 0.6 is 0 Å². The minimum absolute atomic E-state index is 0.707. The first-order valence-electron chi connectivity index (χ1n) is 5.48. The zero-order chi connectivity index (χ0) is 11.8. The summed E-state index contributed by atoms with van der Waals surface area (Å²) in [6.07, 6.45) is 0. The summed E-state index contributed by atoms with van der Waals surface area (Å²) in [5, 5.41) is 0.909. The van der Waals surface area contributed by atoms with Crippen molar-refractivity contribution in [1.82, 2.24) is 4.98 Å². The van der Waals surface area contributed by atoms with Crippen molar-refractivity contribution in [2.24, 2.45) is 0 Å². The minimum atomic E-state index is 0.707. The fraction of sp³-hybridized carbons (Fsp3) is 0. The third-order valence-corrected chi connectivity index (χ3v) is 2.96. The predicted octanol–water partition coefficient (Wildman–Crippen LogP) is 3.00. The maximum absolute atomic E-state index is 6.16. The summed E-state index contributed by atoms with van der Waals surface area (Å²) in [7, 11) is 0. The third kappa shape index (κ3) is 1.44. The maximum atomic E-state index is 6.16. The first-order valence-corrected chi connectivity index (χ1v) is 5.48. The number of benzene rings is 2. The lowest BCUT2D eigenvalue weighted by atomic mass is 10.1. The largest absolute Gasteiger partial charge is 0.398 e. The normalized spacial score (nSPS) is 10.8. The van der Waals surface area contributed by atoms with Gasteiger partial charge in [0.15, 0.2) is 0 Å². The molecule has 0 unspecified atom stereocenters. The van der Waals surface area contributed by atoms with Gasteiger partial charge in [0.05, 0.1) is 16.9 Å². The van der Waals surface area contributed by atoms with E-state index >= 15 is 0 Å². The van der Waals surface area contributed by atoms with Crippen molar-refractivity contribution in [3.05, 3.63) is 48.5 Å². The van der Waals surface area contributed by atoms with Gasteiger partial charge in [0, 0.05) is 16.6 Å². The Bertz CT molecular complexity index is 669. The van der Waals surface area contributed by atoms with E-state index in [0.29, 0.717) is 11.4 Å². The first kappa shape index (κ1) is 9.78. The Kier molecular flexibility index (Phi) is 2.05. The number of aromatic nitrogens is 1. The van der Waals surface area contributed by atoms with E-state index in [9.17, 15) is 0 Å². The van der Waals surface area contributed by atoms with Crippen LogP contribution in [0.3, 0.4) is 0 Å².